The van der Waals surface area contributed by atoms with Gasteiger partial charge in [-0.3, -0.25) is 4.72 Å². The fourth-order valence-corrected chi connectivity index (χ4v) is 2.79. The van der Waals surface area contributed by atoms with E-state index in [0.717, 1.165) is 25.1 Å². The summed E-state index contributed by atoms with van der Waals surface area (Å²) in [4.78, 5) is 4.17. The molecule has 0 saturated heterocycles. The van der Waals surface area contributed by atoms with Crippen LogP contribution in [0.5, 0.6) is 0 Å². The molecule has 1 aromatic heterocycles. The topological polar surface area (TPSA) is 71.1 Å². The smallest absolute Gasteiger partial charge is 0.263 e. The number of nitrogens with zero attached hydrogens (tertiary/aromatic N) is 1. The van der Waals surface area contributed by atoms with Crippen LogP contribution in [0.15, 0.2) is 53.6 Å². The van der Waals surface area contributed by atoms with Gasteiger partial charge in [0, 0.05) is 18.4 Å². The van der Waals surface area contributed by atoms with Crippen molar-refractivity contribution in [3.63, 3.8) is 0 Å². The molecule has 2 aromatic rings. The van der Waals surface area contributed by atoms with Crippen LogP contribution in [-0.2, 0) is 10.0 Å². The van der Waals surface area contributed by atoms with Crippen molar-refractivity contribution in [2.24, 2.45) is 0 Å². The summed E-state index contributed by atoms with van der Waals surface area (Å²) >= 11 is 0. The Kier molecular flexibility index (Phi) is 5.16. The Morgan fingerprint density at radius 2 is 1.86 bits per heavy atom. The SMILES string of the molecule is CCCCNc1ccc(S(=O)(=O)Nc2ccccn2)cc1. The highest BCUT2D eigenvalue weighted by Crippen LogP contribution is 2.17. The average Bonchev–Trinajstić information content (AvgIpc) is 2.49. The van der Waals surface area contributed by atoms with Gasteiger partial charge in [-0.15, -0.1) is 0 Å². The second kappa shape index (κ2) is 7.08. The van der Waals surface area contributed by atoms with Crippen molar-refractivity contribution < 1.29 is 8.42 Å². The Morgan fingerprint density at radius 3 is 2.48 bits per heavy atom. The Morgan fingerprint density at radius 1 is 1.10 bits per heavy atom. The molecule has 0 fully saturated rings. The van der Waals surface area contributed by atoms with Crippen molar-refractivity contribution in [3.8, 4) is 0 Å². The van der Waals surface area contributed by atoms with E-state index in [0.29, 0.717) is 5.82 Å². The summed E-state index contributed by atoms with van der Waals surface area (Å²) in [6.07, 6.45) is 3.74. The first-order chi connectivity index (χ1) is 10.1. The van der Waals surface area contributed by atoms with Crippen LogP contribution in [0, 0.1) is 0 Å². The number of pyridine rings is 1. The van der Waals surface area contributed by atoms with Crippen molar-refractivity contribution in [1.29, 1.82) is 0 Å². The predicted octanol–water partition coefficient (Wildman–Crippen LogP) is 3.09. The van der Waals surface area contributed by atoms with Crippen molar-refractivity contribution in [3.05, 3.63) is 48.7 Å². The normalized spacial score (nSPS) is 11.1. The molecule has 0 atom stereocenters. The maximum atomic E-state index is 12.2. The molecule has 0 radical (unpaired) electrons. The Balaban J connectivity index is 2.06. The molecule has 2 rings (SSSR count). The van der Waals surface area contributed by atoms with E-state index in [1.807, 2.05) is 0 Å². The lowest BCUT2D eigenvalue weighted by molar-refractivity contribution is 0.601. The number of nitrogens with one attached hydrogen (secondary N) is 2. The van der Waals surface area contributed by atoms with Crippen LogP contribution in [0.2, 0.25) is 0 Å². The third-order valence-corrected chi connectivity index (χ3v) is 4.30. The van der Waals surface area contributed by atoms with Crippen LogP contribution in [0.1, 0.15) is 19.8 Å². The third kappa shape index (κ3) is 4.46. The summed E-state index contributed by atoms with van der Waals surface area (Å²) in [5.41, 5.74) is 0.917. The summed E-state index contributed by atoms with van der Waals surface area (Å²) in [5.74, 6) is 0.308. The highest BCUT2D eigenvalue weighted by Gasteiger charge is 2.14. The van der Waals surface area contributed by atoms with E-state index in [9.17, 15) is 8.42 Å². The number of hydrogen-bond acceptors (Lipinski definition) is 4. The van der Waals surface area contributed by atoms with Crippen LogP contribution in [0.3, 0.4) is 0 Å². The molecule has 21 heavy (non-hydrogen) atoms. The van der Waals surface area contributed by atoms with E-state index in [2.05, 4.69) is 21.9 Å². The molecule has 0 amide bonds. The summed E-state index contributed by atoms with van der Waals surface area (Å²) in [7, 11) is -3.60. The van der Waals surface area contributed by atoms with E-state index in [4.69, 9.17) is 0 Å². The first kappa shape index (κ1) is 15.3. The first-order valence-corrected chi connectivity index (χ1v) is 8.38. The van der Waals surface area contributed by atoms with Crippen LogP contribution >= 0.6 is 0 Å². The van der Waals surface area contributed by atoms with Crippen molar-refractivity contribution >= 4 is 21.5 Å². The Hall–Kier alpha value is -2.08. The Bertz CT molecular complexity index is 655. The lowest BCUT2D eigenvalue weighted by atomic mass is 10.3. The minimum absolute atomic E-state index is 0.217. The second-order valence-corrected chi connectivity index (χ2v) is 6.31. The number of sulfonamides is 1. The van der Waals surface area contributed by atoms with Gasteiger partial charge in [0.2, 0.25) is 0 Å². The van der Waals surface area contributed by atoms with E-state index in [1.54, 1.807) is 48.7 Å². The summed E-state index contributed by atoms with van der Waals surface area (Å²) in [6, 6.07) is 11.8. The van der Waals surface area contributed by atoms with Gasteiger partial charge < -0.3 is 5.32 Å². The first-order valence-electron chi connectivity index (χ1n) is 6.89. The molecule has 112 valence electrons. The zero-order valence-corrected chi connectivity index (χ0v) is 12.7. The average molecular weight is 305 g/mol. The number of rotatable bonds is 7. The van der Waals surface area contributed by atoms with E-state index in [1.165, 1.54) is 0 Å². The van der Waals surface area contributed by atoms with E-state index < -0.39 is 10.0 Å². The van der Waals surface area contributed by atoms with Gasteiger partial charge >= 0.3 is 0 Å². The maximum absolute atomic E-state index is 12.2. The van der Waals surface area contributed by atoms with Crippen molar-refractivity contribution in [1.82, 2.24) is 4.98 Å². The number of benzene rings is 1. The largest absolute Gasteiger partial charge is 0.385 e. The lowest BCUT2D eigenvalue weighted by Gasteiger charge is -2.09. The predicted molar refractivity (Wildman–Crippen MR) is 84.9 cm³/mol. The molecule has 0 aliphatic rings. The number of unbranched alkanes of at least 4 members (excludes halogenated alkanes) is 1. The van der Waals surface area contributed by atoms with Crippen molar-refractivity contribution in [2.75, 3.05) is 16.6 Å². The molecule has 0 saturated carbocycles. The number of aromatic nitrogens is 1. The molecular formula is C15H19N3O2S. The van der Waals surface area contributed by atoms with Crippen LogP contribution in [0.4, 0.5) is 11.5 Å². The quantitative estimate of drug-likeness (QED) is 0.771. The van der Waals surface area contributed by atoms with Crippen LogP contribution in [-0.4, -0.2) is 19.9 Å². The monoisotopic (exact) mass is 305 g/mol. The molecule has 0 aliphatic carbocycles. The molecule has 1 aromatic carbocycles. The van der Waals surface area contributed by atoms with Crippen LogP contribution < -0.4 is 10.0 Å². The maximum Gasteiger partial charge on any atom is 0.263 e. The molecule has 2 N–H and O–H groups in total. The minimum Gasteiger partial charge on any atom is -0.385 e. The zero-order chi connectivity index (χ0) is 15.1. The summed E-state index contributed by atoms with van der Waals surface area (Å²) in [6.45, 7) is 3.01. The van der Waals surface area contributed by atoms with Gasteiger partial charge in [0.15, 0.2) is 0 Å². The third-order valence-electron chi connectivity index (χ3n) is 2.93. The van der Waals surface area contributed by atoms with Crippen LogP contribution in [0.25, 0.3) is 0 Å². The van der Waals surface area contributed by atoms with Gasteiger partial charge in [0.1, 0.15) is 5.82 Å². The summed E-state index contributed by atoms with van der Waals surface area (Å²) in [5, 5.41) is 3.25. The molecule has 1 heterocycles. The summed E-state index contributed by atoms with van der Waals surface area (Å²) < 4.78 is 26.9. The number of anilines is 2. The molecule has 0 bridgehead atoms. The highest BCUT2D eigenvalue weighted by molar-refractivity contribution is 7.92. The minimum atomic E-state index is -3.60. The zero-order valence-electron chi connectivity index (χ0n) is 11.9. The van der Waals surface area contributed by atoms with E-state index >= 15 is 0 Å². The second-order valence-electron chi connectivity index (χ2n) is 4.63. The molecule has 0 unspecified atom stereocenters. The van der Waals surface area contributed by atoms with Crippen molar-refractivity contribution in [2.45, 2.75) is 24.7 Å². The van der Waals surface area contributed by atoms with E-state index in [-0.39, 0.29) is 4.90 Å². The highest BCUT2D eigenvalue weighted by atomic mass is 32.2. The lowest BCUT2D eigenvalue weighted by Crippen LogP contribution is -2.13. The van der Waals surface area contributed by atoms with Gasteiger partial charge in [-0.05, 0) is 42.8 Å². The molecule has 0 spiro atoms. The standard InChI is InChI=1S/C15H19N3O2S/c1-2-3-11-16-13-7-9-14(10-8-13)21(19,20)18-15-6-4-5-12-17-15/h4-10,12,16H,2-3,11H2,1H3,(H,17,18). The number of hydrogen-bond donors (Lipinski definition) is 2. The van der Waals surface area contributed by atoms with Gasteiger partial charge in [-0.2, -0.15) is 0 Å². The van der Waals surface area contributed by atoms with Gasteiger partial charge in [-0.25, -0.2) is 13.4 Å². The molecule has 6 heteroatoms. The fraction of sp³-hybridized carbons (Fsp3) is 0.267. The van der Waals surface area contributed by atoms with Gasteiger partial charge in [-0.1, -0.05) is 19.4 Å². The molecule has 5 nitrogen and oxygen atoms in total. The fourth-order valence-electron chi connectivity index (χ4n) is 1.78. The molecular weight excluding hydrogens is 286 g/mol. The van der Waals surface area contributed by atoms with Gasteiger partial charge in [0.25, 0.3) is 10.0 Å². The Labute approximate surface area is 125 Å². The molecule has 0 aliphatic heterocycles. The van der Waals surface area contributed by atoms with Gasteiger partial charge in [0.05, 0.1) is 4.90 Å².